The minimum Gasteiger partial charge on any atom is -0.465 e. The second-order valence-corrected chi connectivity index (χ2v) is 3.65. The van der Waals surface area contributed by atoms with Crippen LogP contribution in [0, 0.1) is 6.92 Å². The highest BCUT2D eigenvalue weighted by molar-refractivity contribution is 5.89. The summed E-state index contributed by atoms with van der Waals surface area (Å²) in [5.74, 6) is -0.397. The molecule has 0 radical (unpaired) electrons. The maximum Gasteiger partial charge on any atom is 0.337 e. The lowest BCUT2D eigenvalue weighted by Crippen LogP contribution is -2.13. The van der Waals surface area contributed by atoms with E-state index in [1.807, 2.05) is 0 Å². The highest BCUT2D eigenvalue weighted by Crippen LogP contribution is 2.08. The van der Waals surface area contributed by atoms with Gasteiger partial charge in [0.25, 0.3) is 5.56 Å². The molecular weight excluding hydrogens is 220 g/mol. The highest BCUT2D eigenvalue weighted by atomic mass is 16.5. The Kier molecular flexibility index (Phi) is 2.82. The second kappa shape index (κ2) is 4.29. The van der Waals surface area contributed by atoms with E-state index >= 15 is 0 Å². The molecule has 0 fully saturated rings. The molecular formula is C12H12N2O3. The average Bonchev–Trinajstić information content (AvgIpc) is 2.68. The molecule has 0 saturated heterocycles. The lowest BCUT2D eigenvalue weighted by molar-refractivity contribution is 0.0601. The van der Waals surface area contributed by atoms with Crippen molar-refractivity contribution < 1.29 is 9.53 Å². The number of aromatic amines is 1. The number of hydrogen-bond acceptors (Lipinski definition) is 3. The minimum atomic E-state index is -0.397. The van der Waals surface area contributed by atoms with E-state index in [0.29, 0.717) is 11.3 Å². The molecule has 0 amide bonds. The number of aromatic nitrogens is 2. The first-order valence-electron chi connectivity index (χ1n) is 5.09. The lowest BCUT2D eigenvalue weighted by Gasteiger charge is -2.03. The molecule has 0 aliphatic carbocycles. The van der Waals surface area contributed by atoms with Crippen LogP contribution in [0.1, 0.15) is 16.1 Å². The Morgan fingerprint density at radius 3 is 2.41 bits per heavy atom. The van der Waals surface area contributed by atoms with Gasteiger partial charge in [-0.2, -0.15) is 0 Å². The van der Waals surface area contributed by atoms with Gasteiger partial charge in [0, 0.05) is 11.8 Å². The van der Waals surface area contributed by atoms with Gasteiger partial charge in [-0.15, -0.1) is 0 Å². The Bertz CT molecular complexity index is 593. The van der Waals surface area contributed by atoms with E-state index < -0.39 is 5.97 Å². The van der Waals surface area contributed by atoms with Crippen LogP contribution in [0.3, 0.4) is 0 Å². The number of carbonyl (C=O) groups excluding carboxylic acids is 1. The number of H-pyrrole nitrogens is 1. The van der Waals surface area contributed by atoms with E-state index in [1.165, 1.54) is 17.9 Å². The summed E-state index contributed by atoms with van der Waals surface area (Å²) < 4.78 is 6.01. The zero-order valence-electron chi connectivity index (χ0n) is 9.56. The highest BCUT2D eigenvalue weighted by Gasteiger charge is 2.06. The first-order valence-corrected chi connectivity index (χ1v) is 5.09. The fourth-order valence-corrected chi connectivity index (χ4v) is 1.57. The molecule has 5 heteroatoms. The zero-order valence-corrected chi connectivity index (χ0v) is 9.56. The van der Waals surface area contributed by atoms with Crippen LogP contribution < -0.4 is 5.56 Å². The van der Waals surface area contributed by atoms with E-state index in [1.54, 1.807) is 31.2 Å². The zero-order chi connectivity index (χ0) is 12.4. The summed E-state index contributed by atoms with van der Waals surface area (Å²) in [5, 5.41) is 2.91. The van der Waals surface area contributed by atoms with Crippen molar-refractivity contribution >= 4 is 5.97 Å². The first kappa shape index (κ1) is 11.2. The number of esters is 1. The average molecular weight is 232 g/mol. The number of carbonyl (C=O) groups is 1. The molecule has 17 heavy (non-hydrogen) atoms. The van der Waals surface area contributed by atoms with Gasteiger partial charge in [-0.1, -0.05) is 0 Å². The van der Waals surface area contributed by atoms with Crippen LogP contribution in [-0.4, -0.2) is 22.9 Å². The van der Waals surface area contributed by atoms with Gasteiger partial charge in [-0.25, -0.2) is 9.48 Å². The van der Waals surface area contributed by atoms with E-state index in [2.05, 4.69) is 9.84 Å². The van der Waals surface area contributed by atoms with Gasteiger partial charge in [0.1, 0.15) is 0 Å². The Morgan fingerprint density at radius 1 is 1.29 bits per heavy atom. The summed E-state index contributed by atoms with van der Waals surface area (Å²) in [6, 6.07) is 8.11. The molecule has 5 nitrogen and oxygen atoms in total. The minimum absolute atomic E-state index is 0.131. The van der Waals surface area contributed by atoms with Crippen LogP contribution in [0.4, 0.5) is 0 Å². The molecule has 0 unspecified atom stereocenters. The number of rotatable bonds is 2. The smallest absolute Gasteiger partial charge is 0.337 e. The van der Waals surface area contributed by atoms with Crippen LogP contribution >= 0.6 is 0 Å². The second-order valence-electron chi connectivity index (χ2n) is 3.65. The largest absolute Gasteiger partial charge is 0.465 e. The van der Waals surface area contributed by atoms with Gasteiger partial charge in [0.2, 0.25) is 0 Å². The summed E-state index contributed by atoms with van der Waals surface area (Å²) in [6.07, 6.45) is 0. The molecule has 0 saturated carbocycles. The number of hydrogen-bond donors (Lipinski definition) is 1. The van der Waals surface area contributed by atoms with Gasteiger partial charge in [0.15, 0.2) is 0 Å². The molecule has 0 aliphatic rings. The monoisotopic (exact) mass is 232 g/mol. The summed E-state index contributed by atoms with van der Waals surface area (Å²) in [5.41, 5.74) is 1.78. The number of methoxy groups -OCH3 is 1. The molecule has 88 valence electrons. The van der Waals surface area contributed by atoms with E-state index in [-0.39, 0.29) is 5.56 Å². The molecule has 0 bridgehead atoms. The fourth-order valence-electron chi connectivity index (χ4n) is 1.57. The van der Waals surface area contributed by atoms with Crippen molar-refractivity contribution in [1.29, 1.82) is 0 Å². The SMILES string of the molecule is COC(=O)c1ccc(-n2[nH]c(C)cc2=O)cc1. The Labute approximate surface area is 97.6 Å². The summed E-state index contributed by atoms with van der Waals surface area (Å²) in [4.78, 5) is 22.8. The van der Waals surface area contributed by atoms with Crippen LogP contribution in [0.5, 0.6) is 0 Å². The Hall–Kier alpha value is -2.30. The van der Waals surface area contributed by atoms with Gasteiger partial charge in [-0.05, 0) is 31.2 Å². The van der Waals surface area contributed by atoms with Gasteiger partial charge in [-0.3, -0.25) is 9.89 Å². The van der Waals surface area contributed by atoms with Crippen molar-refractivity contribution in [3.63, 3.8) is 0 Å². The molecule has 1 N–H and O–H groups in total. The molecule has 1 aromatic heterocycles. The lowest BCUT2D eigenvalue weighted by atomic mass is 10.2. The normalized spacial score (nSPS) is 10.2. The molecule has 0 spiro atoms. The van der Waals surface area contributed by atoms with Gasteiger partial charge in [0.05, 0.1) is 18.4 Å². The number of nitrogens with zero attached hydrogens (tertiary/aromatic N) is 1. The van der Waals surface area contributed by atoms with E-state index in [0.717, 1.165) is 5.69 Å². The van der Waals surface area contributed by atoms with Crippen molar-refractivity contribution in [2.24, 2.45) is 0 Å². The molecule has 2 rings (SSSR count). The van der Waals surface area contributed by atoms with Gasteiger partial charge < -0.3 is 4.74 Å². The van der Waals surface area contributed by atoms with Crippen molar-refractivity contribution in [2.75, 3.05) is 7.11 Å². The maximum atomic E-state index is 11.6. The van der Waals surface area contributed by atoms with Crippen molar-refractivity contribution in [2.45, 2.75) is 6.92 Å². The third-order valence-corrected chi connectivity index (χ3v) is 2.40. The number of ether oxygens (including phenoxy) is 1. The fraction of sp³-hybridized carbons (Fsp3) is 0.167. The molecule has 2 aromatic rings. The predicted octanol–water partition coefficient (Wildman–Crippen LogP) is 1.26. The maximum absolute atomic E-state index is 11.6. The van der Waals surface area contributed by atoms with Crippen LogP contribution in [0.25, 0.3) is 5.69 Å². The molecule has 0 aliphatic heterocycles. The van der Waals surface area contributed by atoms with E-state index in [9.17, 15) is 9.59 Å². The van der Waals surface area contributed by atoms with Gasteiger partial charge >= 0.3 is 5.97 Å². The van der Waals surface area contributed by atoms with Crippen molar-refractivity contribution in [3.8, 4) is 5.69 Å². The van der Waals surface area contributed by atoms with Crippen molar-refractivity contribution in [3.05, 3.63) is 51.9 Å². The van der Waals surface area contributed by atoms with Crippen LogP contribution in [-0.2, 0) is 4.74 Å². The topological polar surface area (TPSA) is 64.1 Å². The first-order chi connectivity index (χ1) is 8.11. The molecule has 1 heterocycles. The Balaban J connectivity index is 2.39. The van der Waals surface area contributed by atoms with E-state index in [4.69, 9.17) is 0 Å². The number of benzene rings is 1. The number of nitrogens with one attached hydrogen (secondary N) is 1. The standard InChI is InChI=1S/C12H12N2O3/c1-8-7-11(15)14(13-8)10-5-3-9(4-6-10)12(16)17-2/h3-7,13H,1-2H3. The third kappa shape index (κ3) is 2.13. The van der Waals surface area contributed by atoms with Crippen LogP contribution in [0.2, 0.25) is 0 Å². The summed E-state index contributed by atoms with van der Waals surface area (Å²) in [7, 11) is 1.33. The summed E-state index contributed by atoms with van der Waals surface area (Å²) >= 11 is 0. The van der Waals surface area contributed by atoms with Crippen LogP contribution in [0.15, 0.2) is 35.1 Å². The quantitative estimate of drug-likeness (QED) is 0.793. The Morgan fingerprint density at radius 2 is 1.94 bits per heavy atom. The van der Waals surface area contributed by atoms with Crippen molar-refractivity contribution in [1.82, 2.24) is 9.78 Å². The predicted molar refractivity (Wildman–Crippen MR) is 62.5 cm³/mol. The molecule has 1 aromatic carbocycles. The third-order valence-electron chi connectivity index (χ3n) is 2.40. The summed E-state index contributed by atoms with van der Waals surface area (Å²) in [6.45, 7) is 1.81. The number of aryl methyl sites for hydroxylation is 1. The molecule has 0 atom stereocenters.